The SMILES string of the molecule is CC(CN)(SCc1ccccc1)C(=O)Nc1ccccc1. The lowest BCUT2D eigenvalue weighted by molar-refractivity contribution is -0.117. The lowest BCUT2D eigenvalue weighted by atomic mass is 10.1. The average Bonchev–Trinajstić information content (AvgIpc) is 2.54. The van der Waals surface area contributed by atoms with Crippen LogP contribution in [-0.4, -0.2) is 17.2 Å². The number of rotatable bonds is 6. The maximum absolute atomic E-state index is 12.5. The lowest BCUT2D eigenvalue weighted by Gasteiger charge is -2.26. The number of hydrogen-bond acceptors (Lipinski definition) is 3. The third-order valence-electron chi connectivity index (χ3n) is 3.30. The molecule has 0 saturated carbocycles. The highest BCUT2D eigenvalue weighted by Crippen LogP contribution is 2.29. The molecule has 0 aromatic heterocycles. The molecule has 0 heterocycles. The van der Waals surface area contributed by atoms with Crippen LogP contribution in [0.1, 0.15) is 12.5 Å². The molecule has 0 saturated heterocycles. The second-order valence-corrected chi connectivity index (χ2v) is 6.51. The molecule has 110 valence electrons. The number of para-hydroxylation sites is 1. The summed E-state index contributed by atoms with van der Waals surface area (Å²) in [6.45, 7) is 2.18. The highest BCUT2D eigenvalue weighted by molar-refractivity contribution is 8.00. The summed E-state index contributed by atoms with van der Waals surface area (Å²) in [6, 6.07) is 19.5. The number of nitrogens with two attached hydrogens (primary N) is 1. The first kappa shape index (κ1) is 15.6. The highest BCUT2D eigenvalue weighted by Gasteiger charge is 2.32. The fourth-order valence-electron chi connectivity index (χ4n) is 1.82. The number of hydrogen-bond donors (Lipinski definition) is 2. The Hall–Kier alpha value is -1.78. The smallest absolute Gasteiger partial charge is 0.241 e. The van der Waals surface area contributed by atoms with Crippen LogP contribution in [0.25, 0.3) is 0 Å². The van der Waals surface area contributed by atoms with E-state index in [1.165, 1.54) is 5.56 Å². The van der Waals surface area contributed by atoms with Gasteiger partial charge in [-0.3, -0.25) is 4.79 Å². The normalized spacial score (nSPS) is 13.4. The second kappa shape index (κ2) is 7.29. The highest BCUT2D eigenvalue weighted by atomic mass is 32.2. The van der Waals surface area contributed by atoms with Gasteiger partial charge in [0.25, 0.3) is 0 Å². The molecule has 3 N–H and O–H groups in total. The summed E-state index contributed by atoms with van der Waals surface area (Å²) in [5, 5.41) is 2.93. The molecule has 2 aromatic rings. The monoisotopic (exact) mass is 300 g/mol. The Kier molecular flexibility index (Phi) is 5.42. The van der Waals surface area contributed by atoms with Gasteiger partial charge in [0.05, 0.1) is 0 Å². The van der Waals surface area contributed by atoms with Crippen LogP contribution in [0.4, 0.5) is 5.69 Å². The van der Waals surface area contributed by atoms with E-state index in [4.69, 9.17) is 5.73 Å². The molecule has 0 aliphatic carbocycles. The van der Waals surface area contributed by atoms with Crippen molar-refractivity contribution in [3.8, 4) is 0 Å². The van der Waals surface area contributed by atoms with E-state index in [-0.39, 0.29) is 5.91 Å². The molecule has 0 radical (unpaired) electrons. The van der Waals surface area contributed by atoms with Crippen molar-refractivity contribution in [2.24, 2.45) is 5.73 Å². The van der Waals surface area contributed by atoms with E-state index in [0.717, 1.165) is 11.4 Å². The Morgan fingerprint density at radius 2 is 1.67 bits per heavy atom. The number of carbonyl (C=O) groups excluding carboxylic acids is 1. The van der Waals surface area contributed by atoms with E-state index < -0.39 is 4.75 Å². The minimum absolute atomic E-state index is 0.0582. The number of anilines is 1. The molecule has 2 aromatic carbocycles. The third kappa shape index (κ3) is 4.34. The zero-order valence-electron chi connectivity index (χ0n) is 12.1. The van der Waals surface area contributed by atoms with Gasteiger partial charge in [-0.25, -0.2) is 0 Å². The molecule has 1 amide bonds. The van der Waals surface area contributed by atoms with E-state index in [0.29, 0.717) is 6.54 Å². The predicted molar refractivity (Wildman–Crippen MR) is 90.3 cm³/mol. The number of thioether (sulfide) groups is 1. The van der Waals surface area contributed by atoms with Crippen molar-refractivity contribution >= 4 is 23.4 Å². The lowest BCUT2D eigenvalue weighted by Crippen LogP contribution is -2.43. The fraction of sp³-hybridized carbons (Fsp3) is 0.235. The van der Waals surface area contributed by atoms with Crippen molar-refractivity contribution in [1.29, 1.82) is 0 Å². The summed E-state index contributed by atoms with van der Waals surface area (Å²) in [4.78, 5) is 12.5. The Bertz CT molecular complexity index is 574. The van der Waals surface area contributed by atoms with Crippen LogP contribution in [-0.2, 0) is 10.5 Å². The summed E-state index contributed by atoms with van der Waals surface area (Å²) in [5.74, 6) is 0.702. The van der Waals surface area contributed by atoms with Crippen molar-refractivity contribution in [3.63, 3.8) is 0 Å². The van der Waals surface area contributed by atoms with E-state index >= 15 is 0 Å². The molecule has 4 heteroatoms. The Balaban J connectivity index is 2.00. The van der Waals surface area contributed by atoms with Crippen LogP contribution in [0.2, 0.25) is 0 Å². The zero-order chi connectivity index (χ0) is 15.1. The van der Waals surface area contributed by atoms with Crippen LogP contribution < -0.4 is 11.1 Å². The molecule has 0 aliphatic heterocycles. The van der Waals surface area contributed by atoms with Crippen molar-refractivity contribution in [1.82, 2.24) is 0 Å². The topological polar surface area (TPSA) is 55.1 Å². The molecule has 1 unspecified atom stereocenters. The number of nitrogens with one attached hydrogen (secondary N) is 1. The molecular weight excluding hydrogens is 280 g/mol. The van der Waals surface area contributed by atoms with Crippen LogP contribution in [0.15, 0.2) is 60.7 Å². The van der Waals surface area contributed by atoms with Gasteiger partial charge in [-0.2, -0.15) is 0 Å². The molecule has 0 bridgehead atoms. The van der Waals surface area contributed by atoms with E-state index in [1.54, 1.807) is 11.8 Å². The first-order valence-corrected chi connectivity index (χ1v) is 7.87. The predicted octanol–water partition coefficient (Wildman–Crippen LogP) is 3.28. The maximum Gasteiger partial charge on any atom is 0.241 e. The number of carbonyl (C=O) groups is 1. The molecule has 1 atom stereocenters. The fourth-order valence-corrected chi connectivity index (χ4v) is 2.80. The number of benzene rings is 2. The molecular formula is C17H20N2OS. The van der Waals surface area contributed by atoms with Crippen molar-refractivity contribution < 1.29 is 4.79 Å². The maximum atomic E-state index is 12.5. The van der Waals surface area contributed by atoms with E-state index in [9.17, 15) is 4.79 Å². The largest absolute Gasteiger partial charge is 0.329 e. The summed E-state index contributed by atoms with van der Waals surface area (Å²) in [7, 11) is 0. The van der Waals surface area contributed by atoms with E-state index in [2.05, 4.69) is 17.4 Å². The van der Waals surface area contributed by atoms with Gasteiger partial charge >= 0.3 is 0 Å². The second-order valence-electron chi connectivity index (χ2n) is 5.03. The van der Waals surface area contributed by atoms with Crippen LogP contribution in [0.3, 0.4) is 0 Å². The van der Waals surface area contributed by atoms with Gasteiger partial charge in [-0.05, 0) is 24.6 Å². The standard InChI is InChI=1S/C17H20N2OS/c1-17(13-18,21-12-14-8-4-2-5-9-14)16(20)19-15-10-6-3-7-11-15/h2-11H,12-13,18H2,1H3,(H,19,20). The van der Waals surface area contributed by atoms with Crippen molar-refractivity contribution in [2.75, 3.05) is 11.9 Å². The Labute approximate surface area is 129 Å². The van der Waals surface area contributed by atoms with Gasteiger partial charge in [0, 0.05) is 18.0 Å². The van der Waals surface area contributed by atoms with Gasteiger partial charge in [-0.15, -0.1) is 11.8 Å². The quantitative estimate of drug-likeness (QED) is 0.861. The molecule has 2 rings (SSSR count). The average molecular weight is 300 g/mol. The van der Waals surface area contributed by atoms with Gasteiger partial charge in [0.15, 0.2) is 0 Å². The minimum Gasteiger partial charge on any atom is -0.329 e. The number of amides is 1. The van der Waals surface area contributed by atoms with Gasteiger partial charge < -0.3 is 11.1 Å². The summed E-state index contributed by atoms with van der Waals surface area (Å²) in [6.07, 6.45) is 0. The molecule has 21 heavy (non-hydrogen) atoms. The van der Waals surface area contributed by atoms with Crippen molar-refractivity contribution in [3.05, 3.63) is 66.2 Å². The van der Waals surface area contributed by atoms with Gasteiger partial charge in [0.2, 0.25) is 5.91 Å². The molecule has 3 nitrogen and oxygen atoms in total. The molecule has 0 spiro atoms. The first-order valence-electron chi connectivity index (χ1n) is 6.88. The molecule has 0 fully saturated rings. The van der Waals surface area contributed by atoms with Gasteiger partial charge in [0.1, 0.15) is 4.75 Å². The first-order chi connectivity index (χ1) is 10.1. The van der Waals surface area contributed by atoms with Crippen LogP contribution in [0, 0.1) is 0 Å². The summed E-state index contributed by atoms with van der Waals surface area (Å²) >= 11 is 1.57. The van der Waals surface area contributed by atoms with E-state index in [1.807, 2.05) is 55.5 Å². The zero-order valence-corrected chi connectivity index (χ0v) is 12.9. The molecule has 0 aliphatic rings. The van der Waals surface area contributed by atoms with Crippen LogP contribution in [0.5, 0.6) is 0 Å². The minimum atomic E-state index is -0.647. The summed E-state index contributed by atoms with van der Waals surface area (Å²) < 4.78 is -0.647. The third-order valence-corrected chi connectivity index (χ3v) is 4.77. The Morgan fingerprint density at radius 1 is 1.10 bits per heavy atom. The van der Waals surface area contributed by atoms with Crippen LogP contribution >= 0.6 is 11.8 Å². The Morgan fingerprint density at radius 3 is 2.24 bits per heavy atom. The van der Waals surface area contributed by atoms with Crippen molar-refractivity contribution in [2.45, 2.75) is 17.4 Å². The summed E-state index contributed by atoms with van der Waals surface area (Å²) in [5.41, 5.74) is 7.83. The van der Waals surface area contributed by atoms with Gasteiger partial charge in [-0.1, -0.05) is 48.5 Å².